The van der Waals surface area contributed by atoms with Gasteiger partial charge in [0.25, 0.3) is 0 Å². The second-order valence-corrected chi connectivity index (χ2v) is 6.02. The second kappa shape index (κ2) is 7.99. The van der Waals surface area contributed by atoms with Crippen LogP contribution in [0.5, 0.6) is 23.0 Å². The number of thioether (sulfide) groups is 1. The summed E-state index contributed by atoms with van der Waals surface area (Å²) in [5, 5.41) is 18.9. The number of methoxy groups -OCH3 is 3. The molecule has 0 aliphatic rings. The molecule has 0 amide bonds. The molecule has 0 saturated carbocycles. The van der Waals surface area contributed by atoms with Crippen molar-refractivity contribution in [3.63, 3.8) is 0 Å². The number of phenols is 1. The van der Waals surface area contributed by atoms with Crippen LogP contribution >= 0.6 is 11.8 Å². The molecule has 0 spiro atoms. The van der Waals surface area contributed by atoms with Gasteiger partial charge in [-0.15, -0.1) is 11.8 Å². The van der Waals surface area contributed by atoms with Crippen molar-refractivity contribution in [1.29, 1.82) is 0 Å². The largest absolute Gasteiger partial charge is 0.508 e. The normalized spacial score (nSPS) is 11.8. The predicted molar refractivity (Wildman–Crippen MR) is 89.9 cm³/mol. The molecule has 0 heterocycles. The fraction of sp³-hybridized carbons (Fsp3) is 0.294. The van der Waals surface area contributed by atoms with E-state index < -0.39 is 0 Å². The summed E-state index contributed by atoms with van der Waals surface area (Å²) in [6, 6.07) is 10.5. The monoisotopic (exact) mass is 336 g/mol. The highest BCUT2D eigenvalue weighted by molar-refractivity contribution is 7.99. The number of aromatic hydroxyl groups is 1. The first-order valence-corrected chi connectivity index (χ1v) is 7.87. The molecule has 6 heteroatoms. The number of hydrogen-bond acceptors (Lipinski definition) is 6. The third-order valence-corrected chi connectivity index (χ3v) is 4.59. The van der Waals surface area contributed by atoms with Crippen LogP contribution in [0.2, 0.25) is 0 Å². The second-order valence-electron chi connectivity index (χ2n) is 4.74. The Labute approximate surface area is 139 Å². The minimum atomic E-state index is -0.201. The van der Waals surface area contributed by atoms with Crippen molar-refractivity contribution in [2.75, 3.05) is 27.9 Å². The third kappa shape index (κ3) is 4.03. The van der Waals surface area contributed by atoms with E-state index in [9.17, 15) is 10.2 Å². The van der Waals surface area contributed by atoms with Gasteiger partial charge in [0.1, 0.15) is 5.75 Å². The summed E-state index contributed by atoms with van der Waals surface area (Å²) < 4.78 is 16.0. The van der Waals surface area contributed by atoms with Crippen molar-refractivity contribution in [2.24, 2.45) is 0 Å². The van der Waals surface area contributed by atoms with Gasteiger partial charge in [-0.25, -0.2) is 0 Å². The minimum absolute atomic E-state index is 0.0514. The van der Waals surface area contributed by atoms with E-state index in [0.717, 1.165) is 10.5 Å². The number of phenolic OH excluding ortho intramolecular Hbond substituents is 1. The van der Waals surface area contributed by atoms with Gasteiger partial charge in [0.15, 0.2) is 11.5 Å². The summed E-state index contributed by atoms with van der Waals surface area (Å²) in [4.78, 5) is 0.940. The first-order chi connectivity index (χ1) is 11.1. The number of benzene rings is 2. The van der Waals surface area contributed by atoms with Gasteiger partial charge in [-0.2, -0.15) is 0 Å². The van der Waals surface area contributed by atoms with Crippen LogP contribution in [0.25, 0.3) is 0 Å². The molecule has 0 unspecified atom stereocenters. The highest BCUT2D eigenvalue weighted by atomic mass is 32.2. The van der Waals surface area contributed by atoms with Gasteiger partial charge in [-0.1, -0.05) is 0 Å². The lowest BCUT2D eigenvalue weighted by Crippen LogP contribution is -2.03. The SMILES string of the molecule is COc1cc([C@@H](CO)Sc2ccc(O)cc2)cc(OC)c1OC. The van der Waals surface area contributed by atoms with Gasteiger partial charge in [0.2, 0.25) is 5.75 Å². The van der Waals surface area contributed by atoms with E-state index in [1.54, 1.807) is 45.6 Å². The molecule has 1 atom stereocenters. The molecule has 0 saturated heterocycles. The molecule has 2 aromatic rings. The molecular formula is C17H20O5S. The highest BCUT2D eigenvalue weighted by Gasteiger charge is 2.19. The smallest absolute Gasteiger partial charge is 0.203 e. The molecule has 0 aliphatic heterocycles. The van der Waals surface area contributed by atoms with Crippen molar-refractivity contribution in [3.05, 3.63) is 42.0 Å². The maximum absolute atomic E-state index is 9.77. The van der Waals surface area contributed by atoms with Gasteiger partial charge in [0.05, 0.1) is 33.2 Å². The van der Waals surface area contributed by atoms with Gasteiger partial charge in [-0.05, 0) is 42.0 Å². The molecule has 2 N–H and O–H groups in total. The van der Waals surface area contributed by atoms with Crippen LogP contribution in [0.3, 0.4) is 0 Å². The maximum atomic E-state index is 9.77. The molecular weight excluding hydrogens is 316 g/mol. The van der Waals surface area contributed by atoms with Crippen LogP contribution in [-0.2, 0) is 0 Å². The van der Waals surface area contributed by atoms with Crippen LogP contribution < -0.4 is 14.2 Å². The van der Waals surface area contributed by atoms with E-state index in [1.165, 1.54) is 11.8 Å². The first-order valence-electron chi connectivity index (χ1n) is 6.99. The van der Waals surface area contributed by atoms with Crippen LogP contribution in [-0.4, -0.2) is 38.1 Å². The Morgan fingerprint density at radius 2 is 1.52 bits per heavy atom. The molecule has 124 valence electrons. The number of rotatable bonds is 7. The van der Waals surface area contributed by atoms with E-state index in [-0.39, 0.29) is 17.6 Å². The maximum Gasteiger partial charge on any atom is 0.203 e. The van der Waals surface area contributed by atoms with E-state index >= 15 is 0 Å². The molecule has 0 radical (unpaired) electrons. The Morgan fingerprint density at radius 3 is 1.96 bits per heavy atom. The summed E-state index contributed by atoms with van der Waals surface area (Å²) in [7, 11) is 4.67. The quantitative estimate of drug-likeness (QED) is 0.757. The fourth-order valence-corrected chi connectivity index (χ4v) is 3.16. The Kier molecular flexibility index (Phi) is 6.01. The van der Waals surface area contributed by atoms with Gasteiger partial charge < -0.3 is 24.4 Å². The summed E-state index contributed by atoms with van der Waals surface area (Å²) in [6.45, 7) is -0.0514. The molecule has 0 aromatic heterocycles. The van der Waals surface area contributed by atoms with E-state index in [1.807, 2.05) is 12.1 Å². The molecule has 0 bridgehead atoms. The van der Waals surface area contributed by atoms with Crippen molar-refractivity contribution in [1.82, 2.24) is 0 Å². The lowest BCUT2D eigenvalue weighted by atomic mass is 10.1. The zero-order valence-electron chi connectivity index (χ0n) is 13.3. The van der Waals surface area contributed by atoms with E-state index in [2.05, 4.69) is 0 Å². The zero-order chi connectivity index (χ0) is 16.8. The Balaban J connectivity index is 2.35. The van der Waals surface area contributed by atoms with Crippen LogP contribution in [0.1, 0.15) is 10.8 Å². The van der Waals surface area contributed by atoms with Crippen LogP contribution in [0, 0.1) is 0 Å². The van der Waals surface area contributed by atoms with Crippen molar-refractivity contribution in [3.8, 4) is 23.0 Å². The lowest BCUT2D eigenvalue weighted by molar-refractivity contribution is 0.294. The summed E-state index contributed by atoms with van der Waals surface area (Å²) in [5.41, 5.74) is 0.861. The number of aliphatic hydroxyl groups excluding tert-OH is 1. The number of ether oxygens (including phenoxy) is 3. The standard InChI is InChI=1S/C17H20O5S/c1-20-14-8-11(9-15(21-2)17(14)22-3)16(10-18)23-13-6-4-12(19)5-7-13/h4-9,16,18-19H,10H2,1-3H3/t16-/m1/s1. The van der Waals surface area contributed by atoms with Crippen LogP contribution in [0.4, 0.5) is 0 Å². The average molecular weight is 336 g/mol. The van der Waals surface area contributed by atoms with Gasteiger partial charge in [-0.3, -0.25) is 0 Å². The zero-order valence-corrected chi connectivity index (χ0v) is 14.1. The summed E-state index contributed by atoms with van der Waals surface area (Å²) in [5.74, 6) is 1.82. The Bertz CT molecular complexity index is 617. The Hall–Kier alpha value is -2.05. The third-order valence-electron chi connectivity index (χ3n) is 3.34. The van der Waals surface area contributed by atoms with E-state index in [0.29, 0.717) is 17.2 Å². The minimum Gasteiger partial charge on any atom is -0.508 e. The first kappa shape index (κ1) is 17.3. The fourth-order valence-electron chi connectivity index (χ4n) is 2.19. The average Bonchev–Trinajstić information content (AvgIpc) is 2.59. The van der Waals surface area contributed by atoms with Crippen molar-refractivity contribution >= 4 is 11.8 Å². The molecule has 0 aliphatic carbocycles. The molecule has 5 nitrogen and oxygen atoms in total. The van der Waals surface area contributed by atoms with Crippen molar-refractivity contribution in [2.45, 2.75) is 10.1 Å². The molecule has 0 fully saturated rings. The summed E-state index contributed by atoms with van der Waals surface area (Å²) in [6.07, 6.45) is 0. The topological polar surface area (TPSA) is 68.2 Å². The molecule has 2 rings (SSSR count). The van der Waals surface area contributed by atoms with Crippen LogP contribution in [0.15, 0.2) is 41.3 Å². The summed E-state index contributed by atoms with van der Waals surface area (Å²) >= 11 is 1.49. The predicted octanol–water partition coefficient (Wildman–Crippen LogP) is 3.24. The van der Waals surface area contributed by atoms with E-state index in [4.69, 9.17) is 14.2 Å². The van der Waals surface area contributed by atoms with Gasteiger partial charge in [0, 0.05) is 4.90 Å². The lowest BCUT2D eigenvalue weighted by Gasteiger charge is -2.19. The molecule has 2 aromatic carbocycles. The molecule has 23 heavy (non-hydrogen) atoms. The Morgan fingerprint density at radius 1 is 0.957 bits per heavy atom. The van der Waals surface area contributed by atoms with Crippen molar-refractivity contribution < 1.29 is 24.4 Å². The van der Waals surface area contributed by atoms with Gasteiger partial charge >= 0.3 is 0 Å². The number of hydrogen-bond donors (Lipinski definition) is 2. The number of aliphatic hydroxyl groups is 1. The highest BCUT2D eigenvalue weighted by Crippen LogP contribution is 2.43.